The maximum absolute atomic E-state index is 15.0. The van der Waals surface area contributed by atoms with E-state index < -0.39 is 5.82 Å². The number of carbonyl (C=O) groups is 1. The Morgan fingerprint density at radius 1 is 1.38 bits per heavy atom. The minimum absolute atomic E-state index is 0.0509. The summed E-state index contributed by atoms with van der Waals surface area (Å²) in [6, 6.07) is 2.78. The van der Waals surface area contributed by atoms with Crippen molar-refractivity contribution in [2.45, 2.75) is 32.4 Å². The van der Waals surface area contributed by atoms with Gasteiger partial charge in [-0.1, -0.05) is 24.6 Å². The number of benzene rings is 1. The number of hydrogen-bond acceptors (Lipinski definition) is 6. The summed E-state index contributed by atoms with van der Waals surface area (Å²) in [5, 5.41) is 5.97. The highest BCUT2D eigenvalue weighted by Crippen LogP contribution is 2.35. The van der Waals surface area contributed by atoms with Crippen LogP contribution in [0.5, 0.6) is 11.8 Å². The van der Waals surface area contributed by atoms with Crippen LogP contribution >= 0.6 is 11.6 Å². The first-order valence-corrected chi connectivity index (χ1v) is 8.50. The minimum Gasteiger partial charge on any atom is -0.420 e. The number of nitrogens with zero attached hydrogens (tertiary/aromatic N) is 2. The molecule has 140 valence electrons. The van der Waals surface area contributed by atoms with Gasteiger partial charge in [-0.15, -0.1) is 0 Å². The fraction of sp³-hybridized carbons (Fsp3) is 0.353. The van der Waals surface area contributed by atoms with Crippen LogP contribution in [0.25, 0.3) is 0 Å². The molecule has 4 N–H and O–H groups in total. The summed E-state index contributed by atoms with van der Waals surface area (Å²) in [5.41, 5.74) is 6.30. The Bertz CT molecular complexity index is 745. The van der Waals surface area contributed by atoms with Gasteiger partial charge in [0.25, 0.3) is 0 Å². The maximum Gasteiger partial charge on any atom is 0.322 e. The van der Waals surface area contributed by atoms with Crippen molar-refractivity contribution >= 4 is 23.7 Å². The largest absolute Gasteiger partial charge is 0.420 e. The molecule has 2 rings (SSSR count). The predicted molar refractivity (Wildman–Crippen MR) is 97.6 cm³/mol. The molecule has 1 aromatic carbocycles. The number of halogens is 2. The number of rotatable bonds is 9. The van der Waals surface area contributed by atoms with Gasteiger partial charge in [0.05, 0.1) is 23.1 Å². The van der Waals surface area contributed by atoms with Gasteiger partial charge in [0, 0.05) is 24.2 Å². The van der Waals surface area contributed by atoms with Crippen LogP contribution in [0.2, 0.25) is 5.02 Å². The van der Waals surface area contributed by atoms with Crippen molar-refractivity contribution in [1.82, 2.24) is 20.6 Å². The number of carbonyl (C=O) groups excluding carboxylic acids is 1. The highest BCUT2D eigenvalue weighted by Gasteiger charge is 2.22. The number of anilines is 1. The van der Waals surface area contributed by atoms with Gasteiger partial charge in [-0.3, -0.25) is 4.79 Å². The molecule has 1 aromatic heterocycles. The molecule has 0 aliphatic rings. The Kier molecular flexibility index (Phi) is 7.11. The summed E-state index contributed by atoms with van der Waals surface area (Å²) in [6.07, 6.45) is 3.97. The molecule has 1 heterocycles. The fourth-order valence-electron chi connectivity index (χ4n) is 2.44. The van der Waals surface area contributed by atoms with E-state index in [1.165, 1.54) is 12.4 Å². The molecule has 0 bridgehead atoms. The van der Waals surface area contributed by atoms with Crippen LogP contribution in [-0.4, -0.2) is 29.0 Å². The highest BCUT2D eigenvalue weighted by molar-refractivity contribution is 6.32. The topological polar surface area (TPSA) is 102 Å². The van der Waals surface area contributed by atoms with Crippen LogP contribution in [0.15, 0.2) is 24.5 Å². The normalized spacial score (nSPS) is 13.1. The van der Waals surface area contributed by atoms with Crippen molar-refractivity contribution in [1.29, 1.82) is 0 Å². The molecule has 2 aromatic rings. The Labute approximate surface area is 156 Å². The number of nitrogens with two attached hydrogens (primary N) is 1. The first-order chi connectivity index (χ1) is 12.5. The number of nitrogen functional groups attached to an aromatic ring is 1. The van der Waals surface area contributed by atoms with Gasteiger partial charge in [-0.05, 0) is 19.4 Å². The molecule has 7 nitrogen and oxygen atoms in total. The molecule has 0 spiro atoms. The number of aromatic nitrogens is 2. The van der Waals surface area contributed by atoms with Crippen molar-refractivity contribution in [3.63, 3.8) is 0 Å². The Morgan fingerprint density at radius 3 is 2.69 bits per heavy atom. The smallest absolute Gasteiger partial charge is 0.322 e. The Balaban J connectivity index is 2.25. The lowest BCUT2D eigenvalue weighted by molar-refractivity contribution is -0.109. The van der Waals surface area contributed by atoms with Gasteiger partial charge in [-0.2, -0.15) is 0 Å². The highest BCUT2D eigenvalue weighted by atomic mass is 35.5. The van der Waals surface area contributed by atoms with E-state index in [1.807, 2.05) is 13.8 Å². The molecule has 0 fully saturated rings. The van der Waals surface area contributed by atoms with Crippen molar-refractivity contribution in [2.24, 2.45) is 0 Å². The van der Waals surface area contributed by atoms with Gasteiger partial charge in [-0.25, -0.2) is 14.4 Å². The van der Waals surface area contributed by atoms with E-state index in [0.29, 0.717) is 30.6 Å². The van der Waals surface area contributed by atoms with E-state index in [2.05, 4.69) is 20.6 Å². The molecular formula is C17H21ClFN5O2. The van der Waals surface area contributed by atoms with E-state index in [1.54, 1.807) is 12.1 Å². The van der Waals surface area contributed by atoms with Crippen molar-refractivity contribution in [3.8, 4) is 11.8 Å². The van der Waals surface area contributed by atoms with Gasteiger partial charge in [0.1, 0.15) is 0 Å². The van der Waals surface area contributed by atoms with E-state index in [4.69, 9.17) is 22.1 Å². The zero-order valence-corrected chi connectivity index (χ0v) is 15.3. The second-order valence-corrected chi connectivity index (χ2v) is 6.14. The average molecular weight is 382 g/mol. The van der Waals surface area contributed by atoms with Gasteiger partial charge >= 0.3 is 6.01 Å². The molecule has 0 saturated carbocycles. The lowest BCUT2D eigenvalue weighted by atomic mass is 10.0. The first kappa shape index (κ1) is 19.9. The molecular weight excluding hydrogens is 361 g/mol. The maximum atomic E-state index is 15.0. The van der Waals surface area contributed by atoms with Crippen LogP contribution in [0.1, 0.15) is 31.9 Å². The van der Waals surface area contributed by atoms with Crippen LogP contribution < -0.4 is 21.1 Å². The van der Waals surface area contributed by atoms with Crippen LogP contribution in [-0.2, 0) is 4.79 Å². The zero-order chi connectivity index (χ0) is 19.1. The lowest BCUT2D eigenvalue weighted by Crippen LogP contribution is -2.38. The molecule has 0 saturated heterocycles. The molecule has 0 aliphatic heterocycles. The van der Waals surface area contributed by atoms with Crippen molar-refractivity contribution < 1.29 is 13.9 Å². The van der Waals surface area contributed by atoms with E-state index in [-0.39, 0.29) is 28.9 Å². The molecule has 0 radical (unpaired) electrons. The third-order valence-electron chi connectivity index (χ3n) is 3.70. The minimum atomic E-state index is -0.590. The van der Waals surface area contributed by atoms with Gasteiger partial charge < -0.3 is 21.1 Å². The van der Waals surface area contributed by atoms with Crippen molar-refractivity contribution in [2.75, 3.05) is 12.3 Å². The number of nitrogens with one attached hydrogen (secondary N) is 2. The summed E-state index contributed by atoms with van der Waals surface area (Å²) >= 11 is 6.09. The summed E-state index contributed by atoms with van der Waals surface area (Å²) in [4.78, 5) is 18.2. The number of ether oxygens (including phenoxy) is 1. The molecule has 0 aliphatic carbocycles. The predicted octanol–water partition coefficient (Wildman–Crippen LogP) is 2.82. The van der Waals surface area contributed by atoms with Crippen molar-refractivity contribution in [3.05, 3.63) is 40.9 Å². The van der Waals surface area contributed by atoms with E-state index in [9.17, 15) is 4.79 Å². The average Bonchev–Trinajstić information content (AvgIpc) is 2.63. The Hall–Kier alpha value is -2.45. The van der Waals surface area contributed by atoms with Gasteiger partial charge in [0.15, 0.2) is 11.6 Å². The van der Waals surface area contributed by atoms with E-state index in [0.717, 1.165) is 0 Å². The third kappa shape index (κ3) is 5.03. The first-order valence-electron chi connectivity index (χ1n) is 8.12. The molecule has 26 heavy (non-hydrogen) atoms. The SMILES string of the molecule is CC[C@@H](N[C@H](C)CNC=O)c1ccc(Cl)c(Oc2ncc(N)cn2)c1F. The molecule has 1 amide bonds. The molecule has 2 atom stereocenters. The summed E-state index contributed by atoms with van der Waals surface area (Å²) in [6.45, 7) is 4.25. The Morgan fingerprint density at radius 2 is 2.08 bits per heavy atom. The summed E-state index contributed by atoms with van der Waals surface area (Å²) in [7, 11) is 0. The van der Waals surface area contributed by atoms with E-state index >= 15 is 4.39 Å². The standard InChI is InChI=1S/C17H21ClFN5O2/c1-3-14(24-10(2)6-21-9-25)12-4-5-13(18)16(15(12)19)26-17-22-7-11(20)8-23-17/h4-5,7-10,14,24H,3,6,20H2,1-2H3,(H,21,25)/t10-,14-/m1/s1. The van der Waals surface area contributed by atoms with Gasteiger partial charge in [0.2, 0.25) is 6.41 Å². The summed E-state index contributed by atoms with van der Waals surface area (Å²) < 4.78 is 20.5. The number of hydrogen-bond donors (Lipinski definition) is 3. The van der Waals surface area contributed by atoms with Crippen LogP contribution in [0.3, 0.4) is 0 Å². The molecule has 0 unspecified atom stereocenters. The quantitative estimate of drug-likeness (QED) is 0.577. The summed E-state index contributed by atoms with van der Waals surface area (Å²) in [5.74, 6) is -0.735. The monoisotopic (exact) mass is 381 g/mol. The molecule has 9 heteroatoms. The van der Waals surface area contributed by atoms with Crippen LogP contribution in [0, 0.1) is 5.82 Å². The third-order valence-corrected chi connectivity index (χ3v) is 3.99. The second kappa shape index (κ2) is 9.30. The second-order valence-electron chi connectivity index (χ2n) is 5.74. The lowest BCUT2D eigenvalue weighted by Gasteiger charge is -2.23. The van der Waals surface area contributed by atoms with Crippen LogP contribution in [0.4, 0.5) is 10.1 Å². The fourth-order valence-corrected chi connectivity index (χ4v) is 2.62. The number of amides is 1. The zero-order valence-electron chi connectivity index (χ0n) is 14.5.